The molecule has 0 unspecified atom stereocenters. The number of hydrogen-bond donors (Lipinski definition) is 0. The van der Waals surface area contributed by atoms with Gasteiger partial charge in [-0.3, -0.25) is 4.79 Å². The predicted octanol–water partition coefficient (Wildman–Crippen LogP) is 8.60. The van der Waals surface area contributed by atoms with Crippen LogP contribution in [0.1, 0.15) is 110 Å². The lowest BCUT2D eigenvalue weighted by Crippen LogP contribution is -2.51. The van der Waals surface area contributed by atoms with Crippen LogP contribution in [-0.2, 0) is 9.22 Å². The highest BCUT2D eigenvalue weighted by Crippen LogP contribution is 2.21. The van der Waals surface area contributed by atoms with E-state index in [4.69, 9.17) is 4.43 Å². The third-order valence-corrected chi connectivity index (χ3v) is 8.55. The molecule has 0 aromatic heterocycles. The van der Waals surface area contributed by atoms with Crippen LogP contribution in [0.3, 0.4) is 0 Å². The largest absolute Gasteiger partial charge is 0.515 e. The van der Waals surface area contributed by atoms with Gasteiger partial charge in [-0.05, 0) is 19.5 Å². The zero-order valence-corrected chi connectivity index (χ0v) is 22.0. The van der Waals surface area contributed by atoms with Crippen molar-refractivity contribution in [3.63, 3.8) is 0 Å². The molecule has 0 aliphatic carbocycles. The Hall–Kier alpha value is -1.44. The molecule has 196 valence electrons. The van der Waals surface area contributed by atoms with E-state index in [1.807, 2.05) is 0 Å². The standard InChI is InChI=1S/C26H41F5O2Si/c1-4-5-6-7-8-9-10-11-12-13-14-15-16-17-18-19-20(32)33-34(2,3)26-24(30)22(28)21(27)23(29)25(26)31/h4-19H2,1-3H3. The maximum Gasteiger partial charge on any atom is 0.292 e. The van der Waals surface area contributed by atoms with Crippen molar-refractivity contribution < 1.29 is 31.2 Å². The Morgan fingerprint density at radius 1 is 0.588 bits per heavy atom. The molecule has 0 aliphatic heterocycles. The summed E-state index contributed by atoms with van der Waals surface area (Å²) in [5.41, 5.74) is 0. The molecule has 0 saturated carbocycles. The van der Waals surface area contributed by atoms with Gasteiger partial charge in [0.1, 0.15) is 0 Å². The summed E-state index contributed by atoms with van der Waals surface area (Å²) >= 11 is 0. The molecule has 0 amide bonds. The van der Waals surface area contributed by atoms with E-state index in [2.05, 4.69) is 6.92 Å². The maximum atomic E-state index is 14.1. The van der Waals surface area contributed by atoms with Gasteiger partial charge in [-0.1, -0.05) is 96.8 Å². The molecule has 0 radical (unpaired) electrons. The second-order valence-corrected chi connectivity index (χ2v) is 13.4. The summed E-state index contributed by atoms with van der Waals surface area (Å²) in [5, 5.41) is -1.01. The molecule has 8 heteroatoms. The molecule has 1 aromatic carbocycles. The fourth-order valence-corrected chi connectivity index (χ4v) is 6.21. The van der Waals surface area contributed by atoms with Crippen LogP contribution < -0.4 is 5.19 Å². The van der Waals surface area contributed by atoms with E-state index in [0.29, 0.717) is 6.42 Å². The molecule has 0 aliphatic rings. The number of carbonyl (C=O) groups excluding carboxylic acids is 1. The molecular weight excluding hydrogens is 467 g/mol. The van der Waals surface area contributed by atoms with Crippen molar-refractivity contribution in [1.29, 1.82) is 0 Å². The summed E-state index contributed by atoms with van der Waals surface area (Å²) < 4.78 is 73.6. The van der Waals surface area contributed by atoms with Gasteiger partial charge in [0.25, 0.3) is 14.3 Å². The number of hydrogen-bond acceptors (Lipinski definition) is 2. The number of halogens is 5. The molecule has 2 nitrogen and oxygen atoms in total. The average Bonchev–Trinajstić information content (AvgIpc) is 2.78. The van der Waals surface area contributed by atoms with Crippen molar-refractivity contribution in [2.45, 2.75) is 123 Å². The number of carbonyl (C=O) groups is 1. The van der Waals surface area contributed by atoms with Crippen molar-refractivity contribution in [2.24, 2.45) is 0 Å². The lowest BCUT2D eigenvalue weighted by atomic mass is 10.0. The van der Waals surface area contributed by atoms with Gasteiger partial charge in [0.2, 0.25) is 5.82 Å². The fourth-order valence-electron chi connectivity index (χ4n) is 4.16. The zero-order valence-electron chi connectivity index (χ0n) is 21.0. The number of unbranched alkanes of at least 4 members (excludes halogenated alkanes) is 14. The minimum Gasteiger partial charge on any atom is -0.515 e. The van der Waals surface area contributed by atoms with E-state index in [9.17, 15) is 26.7 Å². The highest BCUT2D eigenvalue weighted by molar-refractivity contribution is 6.85. The average molecular weight is 509 g/mol. The van der Waals surface area contributed by atoms with E-state index in [-0.39, 0.29) is 6.42 Å². The zero-order chi connectivity index (χ0) is 25.6. The Morgan fingerprint density at radius 3 is 1.29 bits per heavy atom. The molecule has 1 rings (SSSR count). The normalized spacial score (nSPS) is 11.8. The topological polar surface area (TPSA) is 26.3 Å². The first kappa shape index (κ1) is 30.6. The van der Waals surface area contributed by atoms with Gasteiger partial charge in [-0.25, -0.2) is 22.0 Å². The molecule has 0 fully saturated rings. The number of benzene rings is 1. The van der Waals surface area contributed by atoms with Crippen LogP contribution in [0, 0.1) is 29.1 Å². The van der Waals surface area contributed by atoms with Gasteiger partial charge < -0.3 is 4.43 Å². The minimum atomic E-state index is -3.67. The lowest BCUT2D eigenvalue weighted by Gasteiger charge is -2.24. The molecule has 0 bridgehead atoms. The molecule has 1 aromatic rings. The highest BCUT2D eigenvalue weighted by atomic mass is 28.4. The molecule has 0 atom stereocenters. The van der Waals surface area contributed by atoms with Crippen LogP contribution in [0.2, 0.25) is 13.1 Å². The Kier molecular flexibility index (Phi) is 14.6. The van der Waals surface area contributed by atoms with Gasteiger partial charge >= 0.3 is 0 Å². The van der Waals surface area contributed by atoms with E-state index >= 15 is 0 Å². The van der Waals surface area contributed by atoms with Crippen molar-refractivity contribution in [3.05, 3.63) is 29.1 Å². The molecular formula is C26H41F5O2Si. The van der Waals surface area contributed by atoms with E-state index in [1.54, 1.807) is 0 Å². The quantitative estimate of drug-likeness (QED) is 0.0652. The molecule has 0 heterocycles. The molecule has 34 heavy (non-hydrogen) atoms. The van der Waals surface area contributed by atoms with Crippen LogP contribution in [0.4, 0.5) is 22.0 Å². The minimum absolute atomic E-state index is 0.0596. The van der Waals surface area contributed by atoms with Gasteiger partial charge in [0.15, 0.2) is 23.3 Å². The summed E-state index contributed by atoms with van der Waals surface area (Å²) in [7, 11) is -3.67. The van der Waals surface area contributed by atoms with Crippen molar-refractivity contribution in [1.82, 2.24) is 0 Å². The smallest absolute Gasteiger partial charge is 0.292 e. The third-order valence-electron chi connectivity index (χ3n) is 6.17. The van der Waals surface area contributed by atoms with Crippen LogP contribution in [0.15, 0.2) is 0 Å². The van der Waals surface area contributed by atoms with Crippen LogP contribution in [-0.4, -0.2) is 14.3 Å². The third kappa shape index (κ3) is 10.4. The Bertz CT molecular complexity index is 726. The first-order chi connectivity index (χ1) is 16.1. The summed E-state index contributed by atoms with van der Waals surface area (Å²) in [6, 6.07) is 0. The Morgan fingerprint density at radius 2 is 0.912 bits per heavy atom. The molecule has 0 saturated heterocycles. The van der Waals surface area contributed by atoms with Crippen LogP contribution >= 0.6 is 0 Å². The lowest BCUT2D eigenvalue weighted by molar-refractivity contribution is -0.135. The van der Waals surface area contributed by atoms with Gasteiger partial charge in [-0.15, -0.1) is 0 Å². The second kappa shape index (κ2) is 16.3. The molecule has 0 N–H and O–H groups in total. The number of rotatable bonds is 18. The Balaban J connectivity index is 2.19. The predicted molar refractivity (Wildman–Crippen MR) is 129 cm³/mol. The van der Waals surface area contributed by atoms with Gasteiger partial charge in [0.05, 0.1) is 5.19 Å². The summed E-state index contributed by atoms with van der Waals surface area (Å²) in [6.45, 7) is 4.72. The monoisotopic (exact) mass is 508 g/mol. The van der Waals surface area contributed by atoms with E-state index in [0.717, 1.165) is 19.3 Å². The first-order valence-electron chi connectivity index (χ1n) is 12.9. The highest BCUT2D eigenvalue weighted by Gasteiger charge is 2.40. The summed E-state index contributed by atoms with van der Waals surface area (Å²) in [6.07, 6.45) is 17.8. The Labute approximate surface area is 202 Å². The maximum absolute atomic E-state index is 14.1. The summed E-state index contributed by atoms with van der Waals surface area (Å²) in [4.78, 5) is 12.1. The van der Waals surface area contributed by atoms with Gasteiger partial charge in [0, 0.05) is 6.42 Å². The van der Waals surface area contributed by atoms with Crippen LogP contribution in [0.5, 0.6) is 0 Å². The van der Waals surface area contributed by atoms with Crippen molar-refractivity contribution in [2.75, 3.05) is 0 Å². The second-order valence-electron chi connectivity index (χ2n) is 9.63. The van der Waals surface area contributed by atoms with Crippen molar-refractivity contribution in [3.8, 4) is 0 Å². The fraction of sp³-hybridized carbons (Fsp3) is 0.731. The molecule has 0 spiro atoms. The SMILES string of the molecule is CCCCCCCCCCCCCCCCCC(=O)O[Si](C)(C)c1c(F)c(F)c(F)c(F)c1F. The van der Waals surface area contributed by atoms with E-state index in [1.165, 1.54) is 83.7 Å². The van der Waals surface area contributed by atoms with Crippen molar-refractivity contribution >= 4 is 19.5 Å². The first-order valence-corrected chi connectivity index (χ1v) is 15.8. The summed E-state index contributed by atoms with van der Waals surface area (Å²) in [5.74, 6) is -10.8. The van der Waals surface area contributed by atoms with E-state index < -0.39 is 48.6 Å². The van der Waals surface area contributed by atoms with Gasteiger partial charge in [-0.2, -0.15) is 0 Å². The van der Waals surface area contributed by atoms with Crippen LogP contribution in [0.25, 0.3) is 0 Å².